The van der Waals surface area contributed by atoms with Gasteiger partial charge in [-0.3, -0.25) is 0 Å². The number of ether oxygens (including phenoxy) is 2. The van der Waals surface area contributed by atoms with Gasteiger partial charge in [-0.25, -0.2) is 9.59 Å². The highest BCUT2D eigenvalue weighted by atomic mass is 16.5. The van der Waals surface area contributed by atoms with E-state index in [0.717, 1.165) is 46.9 Å². The van der Waals surface area contributed by atoms with Crippen LogP contribution in [0.5, 0.6) is 5.75 Å². The Morgan fingerprint density at radius 3 is 2.56 bits per heavy atom. The van der Waals surface area contributed by atoms with E-state index in [1.165, 1.54) is 7.11 Å². The zero-order valence-corrected chi connectivity index (χ0v) is 15.3. The van der Waals surface area contributed by atoms with Gasteiger partial charge in [0.05, 0.1) is 12.7 Å². The molecule has 0 bridgehead atoms. The first-order valence-corrected chi connectivity index (χ1v) is 8.96. The number of esters is 1. The van der Waals surface area contributed by atoms with Gasteiger partial charge in [-0.15, -0.1) is 0 Å². The Morgan fingerprint density at radius 2 is 1.81 bits per heavy atom. The van der Waals surface area contributed by atoms with Gasteiger partial charge in [-0.05, 0) is 61.6 Å². The molecule has 0 aliphatic heterocycles. The molecule has 2 aromatic carbocycles. The van der Waals surface area contributed by atoms with Gasteiger partial charge in [0, 0.05) is 16.5 Å². The molecule has 27 heavy (non-hydrogen) atoms. The Balaban J connectivity index is 1.59. The third-order valence-corrected chi connectivity index (χ3v) is 5.11. The second-order valence-corrected chi connectivity index (χ2v) is 6.74. The van der Waals surface area contributed by atoms with Crippen LogP contribution in [0.15, 0.2) is 45.6 Å². The number of aryl methyl sites for hydroxylation is 2. The summed E-state index contributed by atoms with van der Waals surface area (Å²) in [4.78, 5) is 23.7. The normalized spacial score (nSPS) is 12.8. The lowest BCUT2D eigenvalue weighted by atomic mass is 10.0. The molecule has 4 rings (SSSR count). The highest BCUT2D eigenvalue weighted by Crippen LogP contribution is 2.33. The van der Waals surface area contributed by atoms with E-state index in [1.807, 2.05) is 31.2 Å². The molecule has 5 nitrogen and oxygen atoms in total. The Labute approximate surface area is 156 Å². The average molecular weight is 364 g/mol. The van der Waals surface area contributed by atoms with Crippen LogP contribution in [-0.2, 0) is 24.2 Å². The van der Waals surface area contributed by atoms with Crippen molar-refractivity contribution in [2.45, 2.75) is 32.8 Å². The number of carbonyl (C=O) groups excluding carboxylic acids is 1. The van der Waals surface area contributed by atoms with Crippen molar-refractivity contribution in [2.24, 2.45) is 0 Å². The fraction of sp³-hybridized carbons (Fsp3) is 0.273. The predicted octanol–water partition coefficient (Wildman–Crippen LogP) is 3.96. The summed E-state index contributed by atoms with van der Waals surface area (Å²) >= 11 is 0. The van der Waals surface area contributed by atoms with Crippen LogP contribution in [0.3, 0.4) is 0 Å². The van der Waals surface area contributed by atoms with E-state index in [0.29, 0.717) is 23.5 Å². The van der Waals surface area contributed by atoms with Crippen LogP contribution in [0.1, 0.15) is 39.0 Å². The second-order valence-electron chi connectivity index (χ2n) is 6.74. The van der Waals surface area contributed by atoms with Crippen molar-refractivity contribution in [3.63, 3.8) is 0 Å². The van der Waals surface area contributed by atoms with Gasteiger partial charge in [-0.2, -0.15) is 0 Å². The molecule has 1 aromatic heterocycles. The molecule has 0 fully saturated rings. The quantitative estimate of drug-likeness (QED) is 0.518. The summed E-state index contributed by atoms with van der Waals surface area (Å²) in [5, 5.41) is 1.01. The first kappa shape index (κ1) is 17.3. The molecule has 1 aliphatic carbocycles. The number of methoxy groups -OCH3 is 1. The van der Waals surface area contributed by atoms with Crippen molar-refractivity contribution in [1.29, 1.82) is 0 Å². The zero-order chi connectivity index (χ0) is 19.0. The van der Waals surface area contributed by atoms with Gasteiger partial charge in [0.25, 0.3) is 0 Å². The number of fused-ring (bicyclic) bond motifs is 3. The van der Waals surface area contributed by atoms with Gasteiger partial charge in [-0.1, -0.05) is 12.1 Å². The summed E-state index contributed by atoms with van der Waals surface area (Å²) in [5.74, 6) is 0.316. The van der Waals surface area contributed by atoms with Crippen molar-refractivity contribution < 1.29 is 18.7 Å². The standard InChI is InChI=1S/C22H20O5/c1-13-19(26-12-14-6-8-15(9-7-14)21(23)25-2)11-10-17-16-4-3-5-18(16)22(24)27-20(13)17/h6-11H,3-5,12H2,1-2H3. The number of benzene rings is 2. The Morgan fingerprint density at radius 1 is 1.07 bits per heavy atom. The SMILES string of the molecule is COC(=O)c1ccc(COc2ccc3c4c(c(=O)oc3c2C)CCC4)cc1. The maximum atomic E-state index is 12.2. The molecule has 138 valence electrons. The lowest BCUT2D eigenvalue weighted by Gasteiger charge is -2.12. The Bertz CT molecular complexity index is 1080. The molecule has 5 heteroatoms. The molecule has 0 unspecified atom stereocenters. The smallest absolute Gasteiger partial charge is 0.339 e. The number of hydrogen-bond acceptors (Lipinski definition) is 5. The number of rotatable bonds is 4. The molecule has 3 aromatic rings. The third kappa shape index (κ3) is 3.10. The fourth-order valence-corrected chi connectivity index (χ4v) is 3.64. The van der Waals surface area contributed by atoms with Gasteiger partial charge in [0.2, 0.25) is 0 Å². The minimum absolute atomic E-state index is 0.228. The monoisotopic (exact) mass is 364 g/mol. The van der Waals surface area contributed by atoms with E-state index in [9.17, 15) is 9.59 Å². The molecule has 1 heterocycles. The molecule has 0 atom stereocenters. The van der Waals surface area contributed by atoms with Crippen LogP contribution in [0.2, 0.25) is 0 Å². The fourth-order valence-electron chi connectivity index (χ4n) is 3.64. The second kappa shape index (κ2) is 6.91. The highest BCUT2D eigenvalue weighted by Gasteiger charge is 2.21. The van der Waals surface area contributed by atoms with E-state index >= 15 is 0 Å². The highest BCUT2D eigenvalue weighted by molar-refractivity contribution is 5.89. The Hall–Kier alpha value is -3.08. The van der Waals surface area contributed by atoms with Crippen molar-refractivity contribution in [1.82, 2.24) is 0 Å². The third-order valence-electron chi connectivity index (χ3n) is 5.11. The zero-order valence-electron chi connectivity index (χ0n) is 15.3. The number of carbonyl (C=O) groups is 1. The first-order valence-electron chi connectivity index (χ1n) is 8.96. The number of hydrogen-bond donors (Lipinski definition) is 0. The minimum atomic E-state index is -0.365. The van der Waals surface area contributed by atoms with Gasteiger partial charge >= 0.3 is 11.6 Å². The van der Waals surface area contributed by atoms with Crippen molar-refractivity contribution in [3.8, 4) is 5.75 Å². The molecule has 0 amide bonds. The van der Waals surface area contributed by atoms with E-state index < -0.39 is 0 Å². The largest absolute Gasteiger partial charge is 0.488 e. The van der Waals surface area contributed by atoms with Crippen LogP contribution >= 0.6 is 0 Å². The molecular formula is C22H20O5. The summed E-state index contributed by atoms with van der Waals surface area (Å²) < 4.78 is 16.2. The molecule has 0 spiro atoms. The predicted molar refractivity (Wildman–Crippen MR) is 101 cm³/mol. The summed E-state index contributed by atoms with van der Waals surface area (Å²) in [6.07, 6.45) is 2.72. The lowest BCUT2D eigenvalue weighted by Crippen LogP contribution is -2.08. The van der Waals surface area contributed by atoms with Gasteiger partial charge < -0.3 is 13.9 Å². The maximum Gasteiger partial charge on any atom is 0.339 e. The topological polar surface area (TPSA) is 65.7 Å². The van der Waals surface area contributed by atoms with Crippen LogP contribution < -0.4 is 10.4 Å². The van der Waals surface area contributed by atoms with Crippen molar-refractivity contribution in [3.05, 3.63) is 74.6 Å². The summed E-state index contributed by atoms with van der Waals surface area (Å²) in [5.41, 5.74) is 4.57. The van der Waals surface area contributed by atoms with E-state index in [-0.39, 0.29) is 11.6 Å². The van der Waals surface area contributed by atoms with Crippen molar-refractivity contribution >= 4 is 16.9 Å². The lowest BCUT2D eigenvalue weighted by molar-refractivity contribution is 0.0600. The van der Waals surface area contributed by atoms with Crippen LogP contribution in [0, 0.1) is 6.92 Å². The van der Waals surface area contributed by atoms with E-state index in [2.05, 4.69) is 0 Å². The van der Waals surface area contributed by atoms with Crippen molar-refractivity contribution in [2.75, 3.05) is 7.11 Å². The van der Waals surface area contributed by atoms with Gasteiger partial charge in [0.1, 0.15) is 17.9 Å². The molecule has 1 aliphatic rings. The minimum Gasteiger partial charge on any atom is -0.488 e. The molecule has 0 saturated carbocycles. The molecule has 0 N–H and O–H groups in total. The van der Waals surface area contributed by atoms with E-state index in [1.54, 1.807) is 12.1 Å². The van der Waals surface area contributed by atoms with E-state index in [4.69, 9.17) is 13.9 Å². The van der Waals surface area contributed by atoms with Gasteiger partial charge in [0.15, 0.2) is 0 Å². The summed E-state index contributed by atoms with van der Waals surface area (Å²) in [7, 11) is 1.36. The maximum absolute atomic E-state index is 12.2. The first-order chi connectivity index (χ1) is 13.1. The Kier molecular flexibility index (Phi) is 4.44. The van der Waals surface area contributed by atoms with Crippen LogP contribution in [-0.4, -0.2) is 13.1 Å². The molecule has 0 saturated heterocycles. The van der Waals surface area contributed by atoms with Crippen LogP contribution in [0.25, 0.3) is 11.0 Å². The summed E-state index contributed by atoms with van der Waals surface area (Å²) in [6, 6.07) is 11.0. The summed E-state index contributed by atoms with van der Waals surface area (Å²) in [6.45, 7) is 2.26. The molecular weight excluding hydrogens is 344 g/mol. The van der Waals surface area contributed by atoms with Crippen LogP contribution in [0.4, 0.5) is 0 Å². The average Bonchev–Trinajstić information content (AvgIpc) is 3.19. The molecule has 0 radical (unpaired) electrons.